The van der Waals surface area contributed by atoms with Gasteiger partial charge in [-0.1, -0.05) is 6.07 Å². The van der Waals surface area contributed by atoms with Gasteiger partial charge < -0.3 is 16.4 Å². The third-order valence-electron chi connectivity index (χ3n) is 3.14. The van der Waals surface area contributed by atoms with Gasteiger partial charge in [0.25, 0.3) is 5.91 Å². The van der Waals surface area contributed by atoms with E-state index >= 15 is 0 Å². The Labute approximate surface area is 102 Å². The van der Waals surface area contributed by atoms with E-state index in [-0.39, 0.29) is 5.91 Å². The summed E-state index contributed by atoms with van der Waals surface area (Å²) in [5.74, 6) is -0.383. The van der Waals surface area contributed by atoms with Crippen LogP contribution in [0.15, 0.2) is 18.2 Å². The molecule has 1 aromatic rings. The molecule has 0 radical (unpaired) electrons. The summed E-state index contributed by atoms with van der Waals surface area (Å²) in [6.07, 6.45) is 2.41. The third kappa shape index (κ3) is 2.97. The first kappa shape index (κ1) is 11.9. The van der Waals surface area contributed by atoms with Crippen LogP contribution < -0.4 is 16.4 Å². The van der Waals surface area contributed by atoms with Crippen LogP contribution in [0.3, 0.4) is 0 Å². The minimum Gasteiger partial charge on any atom is -0.383 e. The Kier molecular flexibility index (Phi) is 3.64. The molecule has 4 heteroatoms. The van der Waals surface area contributed by atoms with Crippen molar-refractivity contribution in [2.24, 2.45) is 5.73 Å². The Hall–Kier alpha value is -1.55. The zero-order valence-electron chi connectivity index (χ0n) is 10.1. The van der Waals surface area contributed by atoms with E-state index in [1.165, 1.54) is 12.8 Å². The summed E-state index contributed by atoms with van der Waals surface area (Å²) in [6, 6.07) is 6.15. The number of hydrogen-bond acceptors (Lipinski definition) is 3. The number of carbonyl (C=O) groups excluding carboxylic acids is 1. The number of aryl methyl sites for hydroxylation is 1. The van der Waals surface area contributed by atoms with Crippen LogP contribution in [0.5, 0.6) is 0 Å². The molecule has 4 nitrogen and oxygen atoms in total. The molecule has 92 valence electrons. The highest BCUT2D eigenvalue weighted by Gasteiger charge is 2.15. The monoisotopic (exact) mass is 233 g/mol. The van der Waals surface area contributed by atoms with Gasteiger partial charge in [-0.25, -0.2) is 0 Å². The predicted molar refractivity (Wildman–Crippen MR) is 69.2 cm³/mol. The maximum Gasteiger partial charge on any atom is 0.250 e. The average Bonchev–Trinajstić information content (AvgIpc) is 2.78. The van der Waals surface area contributed by atoms with E-state index < -0.39 is 0 Å². The Morgan fingerprint density at radius 1 is 1.59 bits per heavy atom. The molecular weight excluding hydrogens is 214 g/mol. The van der Waals surface area contributed by atoms with Crippen molar-refractivity contribution in [3.63, 3.8) is 0 Å². The second-order valence-electron chi connectivity index (χ2n) is 4.59. The molecule has 1 aliphatic rings. The summed E-state index contributed by atoms with van der Waals surface area (Å²) >= 11 is 0. The predicted octanol–water partition coefficient (Wildman–Crippen LogP) is 1.26. The minimum absolute atomic E-state index is 0.383. The maximum atomic E-state index is 11.3. The number of hydrogen-bond donors (Lipinski definition) is 3. The summed E-state index contributed by atoms with van der Waals surface area (Å²) in [5.41, 5.74) is 7.88. The summed E-state index contributed by atoms with van der Waals surface area (Å²) in [4.78, 5) is 11.3. The lowest BCUT2D eigenvalue weighted by atomic mass is 10.1. The lowest BCUT2D eigenvalue weighted by Gasteiger charge is -2.15. The molecule has 0 aromatic heterocycles. The molecule has 2 rings (SSSR count). The van der Waals surface area contributed by atoms with Crippen molar-refractivity contribution in [3.05, 3.63) is 29.3 Å². The molecule has 1 aromatic carbocycles. The molecule has 17 heavy (non-hydrogen) atoms. The Bertz CT molecular complexity index is 411. The van der Waals surface area contributed by atoms with Crippen molar-refractivity contribution in [3.8, 4) is 0 Å². The fourth-order valence-corrected chi connectivity index (χ4v) is 2.18. The fourth-order valence-electron chi connectivity index (χ4n) is 2.18. The van der Waals surface area contributed by atoms with E-state index in [4.69, 9.17) is 5.73 Å². The van der Waals surface area contributed by atoms with Crippen LogP contribution in [-0.2, 0) is 0 Å². The van der Waals surface area contributed by atoms with Crippen molar-refractivity contribution < 1.29 is 4.79 Å². The molecule has 1 unspecified atom stereocenters. The first-order valence-corrected chi connectivity index (χ1v) is 6.04. The van der Waals surface area contributed by atoms with Crippen LogP contribution in [0.25, 0.3) is 0 Å². The molecule has 1 atom stereocenters. The van der Waals surface area contributed by atoms with Gasteiger partial charge in [0, 0.05) is 18.3 Å². The number of nitrogens with one attached hydrogen (secondary N) is 2. The highest BCUT2D eigenvalue weighted by Crippen LogP contribution is 2.17. The first-order valence-electron chi connectivity index (χ1n) is 6.04. The lowest BCUT2D eigenvalue weighted by Crippen LogP contribution is -2.30. The highest BCUT2D eigenvalue weighted by atomic mass is 16.1. The van der Waals surface area contributed by atoms with Gasteiger partial charge in [-0.15, -0.1) is 0 Å². The van der Waals surface area contributed by atoms with Gasteiger partial charge in [-0.2, -0.15) is 0 Å². The Balaban J connectivity index is 2.07. The van der Waals surface area contributed by atoms with Crippen molar-refractivity contribution in [1.82, 2.24) is 5.32 Å². The van der Waals surface area contributed by atoms with Gasteiger partial charge >= 0.3 is 0 Å². The molecule has 1 fully saturated rings. The number of benzene rings is 1. The maximum absolute atomic E-state index is 11.3. The average molecular weight is 233 g/mol. The van der Waals surface area contributed by atoms with Gasteiger partial charge in [0.2, 0.25) is 0 Å². The largest absolute Gasteiger partial charge is 0.383 e. The van der Waals surface area contributed by atoms with E-state index in [0.29, 0.717) is 11.6 Å². The Morgan fingerprint density at radius 3 is 3.06 bits per heavy atom. The van der Waals surface area contributed by atoms with Crippen molar-refractivity contribution in [2.75, 3.05) is 18.4 Å². The summed E-state index contributed by atoms with van der Waals surface area (Å²) in [6.45, 7) is 3.93. The minimum atomic E-state index is -0.383. The van der Waals surface area contributed by atoms with E-state index in [1.807, 2.05) is 19.1 Å². The topological polar surface area (TPSA) is 67.2 Å². The number of primary amides is 1. The van der Waals surface area contributed by atoms with Gasteiger partial charge in [-0.3, -0.25) is 4.79 Å². The number of nitrogens with two attached hydrogens (primary N) is 1. The van der Waals surface area contributed by atoms with E-state index in [9.17, 15) is 4.79 Å². The molecule has 0 spiro atoms. The zero-order chi connectivity index (χ0) is 12.3. The molecule has 0 bridgehead atoms. The molecule has 1 saturated heterocycles. The van der Waals surface area contributed by atoms with E-state index in [1.54, 1.807) is 6.07 Å². The normalized spacial score (nSPS) is 19.2. The molecule has 1 heterocycles. The fraction of sp³-hybridized carbons (Fsp3) is 0.462. The Morgan fingerprint density at radius 2 is 2.41 bits per heavy atom. The molecular formula is C13H19N3O. The van der Waals surface area contributed by atoms with Crippen molar-refractivity contribution in [1.29, 1.82) is 0 Å². The van der Waals surface area contributed by atoms with Crippen LogP contribution in [0, 0.1) is 6.92 Å². The van der Waals surface area contributed by atoms with Crippen LogP contribution >= 0.6 is 0 Å². The van der Waals surface area contributed by atoms with Gasteiger partial charge in [0.05, 0.1) is 5.56 Å². The lowest BCUT2D eigenvalue weighted by molar-refractivity contribution is 0.100. The van der Waals surface area contributed by atoms with Crippen LogP contribution in [-0.4, -0.2) is 25.0 Å². The third-order valence-corrected chi connectivity index (χ3v) is 3.14. The number of anilines is 1. The molecule has 1 aliphatic heterocycles. The van der Waals surface area contributed by atoms with Gasteiger partial charge in [-0.05, 0) is 44.0 Å². The number of amides is 1. The second kappa shape index (κ2) is 5.19. The summed E-state index contributed by atoms with van der Waals surface area (Å²) in [7, 11) is 0. The molecule has 1 amide bonds. The van der Waals surface area contributed by atoms with E-state index in [2.05, 4.69) is 10.6 Å². The number of rotatable bonds is 4. The van der Waals surface area contributed by atoms with Crippen LogP contribution in [0.1, 0.15) is 28.8 Å². The van der Waals surface area contributed by atoms with Crippen LogP contribution in [0.4, 0.5) is 5.69 Å². The van der Waals surface area contributed by atoms with Crippen molar-refractivity contribution in [2.45, 2.75) is 25.8 Å². The quantitative estimate of drug-likeness (QED) is 0.733. The van der Waals surface area contributed by atoms with E-state index in [0.717, 1.165) is 24.3 Å². The van der Waals surface area contributed by atoms with Crippen molar-refractivity contribution >= 4 is 11.6 Å². The smallest absolute Gasteiger partial charge is 0.250 e. The summed E-state index contributed by atoms with van der Waals surface area (Å²) < 4.78 is 0. The molecule has 4 N–H and O–H groups in total. The first-order chi connectivity index (χ1) is 8.16. The van der Waals surface area contributed by atoms with Gasteiger partial charge in [0.15, 0.2) is 0 Å². The molecule has 0 aliphatic carbocycles. The summed E-state index contributed by atoms with van der Waals surface area (Å²) in [5, 5.41) is 6.73. The zero-order valence-corrected chi connectivity index (χ0v) is 10.1. The SMILES string of the molecule is Cc1ccc(C(N)=O)c(NCC2CCCN2)c1. The van der Waals surface area contributed by atoms with Gasteiger partial charge in [0.1, 0.15) is 0 Å². The molecule has 0 saturated carbocycles. The second-order valence-corrected chi connectivity index (χ2v) is 4.59. The highest BCUT2D eigenvalue weighted by molar-refractivity contribution is 5.98. The van der Waals surface area contributed by atoms with Crippen LogP contribution in [0.2, 0.25) is 0 Å². The number of carbonyl (C=O) groups is 1. The standard InChI is InChI=1S/C13H19N3O/c1-9-4-5-11(13(14)17)12(7-9)16-8-10-3-2-6-15-10/h4-5,7,10,15-16H,2-3,6,8H2,1H3,(H2,14,17).